The van der Waals surface area contributed by atoms with Crippen molar-refractivity contribution < 1.29 is 4.74 Å². The number of ether oxygens (including phenoxy) is 1. The summed E-state index contributed by atoms with van der Waals surface area (Å²) in [5.41, 5.74) is 1.03. The Morgan fingerprint density at radius 3 is 2.83 bits per heavy atom. The minimum atomic E-state index is 0.404. The monoisotopic (exact) mass is 268 g/mol. The van der Waals surface area contributed by atoms with Crippen molar-refractivity contribution in [1.29, 1.82) is 0 Å². The molecule has 1 fully saturated rings. The lowest BCUT2D eigenvalue weighted by Crippen LogP contribution is -2.26. The highest BCUT2D eigenvalue weighted by molar-refractivity contribution is 6.20. The molecule has 1 aromatic heterocycles. The van der Waals surface area contributed by atoms with Crippen LogP contribution in [0.15, 0.2) is 18.2 Å². The maximum atomic E-state index is 6.10. The van der Waals surface area contributed by atoms with E-state index in [1.165, 1.54) is 12.8 Å². The molecule has 3 nitrogen and oxygen atoms in total. The van der Waals surface area contributed by atoms with E-state index in [4.69, 9.17) is 16.3 Å². The topological polar surface area (TPSA) is 34.1 Å². The van der Waals surface area contributed by atoms with Gasteiger partial charge in [-0.15, -0.1) is 11.6 Å². The molecule has 0 spiro atoms. The summed E-state index contributed by atoms with van der Waals surface area (Å²) in [6, 6.07) is 5.86. The lowest BCUT2D eigenvalue weighted by Gasteiger charge is -2.25. The van der Waals surface area contributed by atoms with E-state index in [0.29, 0.717) is 11.3 Å². The Bertz CT molecular complexity index is 365. The summed E-state index contributed by atoms with van der Waals surface area (Å²) in [4.78, 5) is 4.38. The fraction of sp³-hybridized carbons (Fsp3) is 0.643. The van der Waals surface area contributed by atoms with Gasteiger partial charge >= 0.3 is 0 Å². The van der Waals surface area contributed by atoms with Crippen molar-refractivity contribution in [3.05, 3.63) is 23.9 Å². The highest BCUT2D eigenvalue weighted by atomic mass is 35.5. The van der Waals surface area contributed by atoms with Gasteiger partial charge in [0, 0.05) is 18.0 Å². The van der Waals surface area contributed by atoms with E-state index in [2.05, 4.69) is 10.3 Å². The van der Waals surface area contributed by atoms with Gasteiger partial charge in [-0.25, -0.2) is 4.98 Å². The second kappa shape index (κ2) is 6.95. The van der Waals surface area contributed by atoms with E-state index >= 15 is 0 Å². The normalized spacial score (nSPS) is 23.9. The fourth-order valence-corrected chi connectivity index (χ4v) is 2.65. The summed E-state index contributed by atoms with van der Waals surface area (Å²) >= 11 is 6.10. The van der Waals surface area contributed by atoms with Gasteiger partial charge in [-0.2, -0.15) is 0 Å². The van der Waals surface area contributed by atoms with Crippen LogP contribution in [0.4, 0.5) is 0 Å². The summed E-state index contributed by atoms with van der Waals surface area (Å²) in [6.07, 6.45) is 4.80. The number of nitrogens with zero attached hydrogens (tertiary/aromatic N) is 1. The number of halogens is 1. The molecule has 1 aromatic rings. The molecule has 100 valence electrons. The van der Waals surface area contributed by atoms with Gasteiger partial charge in [-0.1, -0.05) is 6.07 Å². The Kier molecular flexibility index (Phi) is 5.26. The van der Waals surface area contributed by atoms with E-state index < -0.39 is 0 Å². The number of pyridine rings is 1. The molecular formula is C14H21ClN2O. The van der Waals surface area contributed by atoms with Crippen LogP contribution in [-0.2, 0) is 6.54 Å². The maximum absolute atomic E-state index is 6.10. The summed E-state index contributed by atoms with van der Waals surface area (Å²) in [5, 5.41) is 3.88. The predicted molar refractivity (Wildman–Crippen MR) is 74.1 cm³/mol. The van der Waals surface area contributed by atoms with Gasteiger partial charge in [-0.3, -0.25) is 0 Å². The average Bonchev–Trinajstić information content (AvgIpc) is 2.41. The second-order valence-electron chi connectivity index (χ2n) is 4.92. The third kappa shape index (κ3) is 4.14. The second-order valence-corrected chi connectivity index (χ2v) is 5.54. The molecule has 4 heteroatoms. The van der Waals surface area contributed by atoms with Gasteiger partial charge in [0.15, 0.2) is 0 Å². The van der Waals surface area contributed by atoms with Crippen LogP contribution >= 0.6 is 11.6 Å². The Morgan fingerprint density at radius 2 is 2.11 bits per heavy atom. The quantitative estimate of drug-likeness (QED) is 0.834. The molecule has 2 rings (SSSR count). The molecule has 1 aliphatic rings. The summed E-state index contributed by atoms with van der Waals surface area (Å²) in [7, 11) is 1.64. The van der Waals surface area contributed by atoms with Crippen LogP contribution in [0.2, 0.25) is 0 Å². The van der Waals surface area contributed by atoms with Crippen LogP contribution in [-0.4, -0.2) is 24.0 Å². The van der Waals surface area contributed by atoms with Gasteiger partial charge in [-0.05, 0) is 44.2 Å². The van der Waals surface area contributed by atoms with E-state index in [0.717, 1.165) is 37.5 Å². The standard InChI is InChI=1S/C14H21ClN2O/c1-18-14-4-2-3-13(17-14)10-16-9-11-5-7-12(15)8-6-11/h2-4,11-12,16H,5-10H2,1H3. The fourth-order valence-electron chi connectivity index (χ4n) is 2.40. The number of alkyl halides is 1. The third-order valence-corrected chi connectivity index (χ3v) is 3.94. The molecular weight excluding hydrogens is 248 g/mol. The van der Waals surface area contributed by atoms with Crippen LogP contribution in [0.5, 0.6) is 5.88 Å². The number of hydrogen-bond acceptors (Lipinski definition) is 3. The number of hydrogen-bond donors (Lipinski definition) is 1. The van der Waals surface area contributed by atoms with Gasteiger partial charge in [0.25, 0.3) is 0 Å². The van der Waals surface area contributed by atoms with E-state index in [1.807, 2.05) is 18.2 Å². The van der Waals surface area contributed by atoms with Crippen molar-refractivity contribution >= 4 is 11.6 Å². The average molecular weight is 269 g/mol. The summed E-state index contributed by atoms with van der Waals surface area (Å²) in [5.74, 6) is 1.45. The number of methoxy groups -OCH3 is 1. The van der Waals surface area contributed by atoms with Gasteiger partial charge in [0.1, 0.15) is 0 Å². The van der Waals surface area contributed by atoms with Gasteiger partial charge in [0.2, 0.25) is 5.88 Å². The first-order chi connectivity index (χ1) is 8.78. The first-order valence-electron chi connectivity index (χ1n) is 6.62. The molecule has 0 amide bonds. The molecule has 1 heterocycles. The van der Waals surface area contributed by atoms with Crippen LogP contribution in [0.3, 0.4) is 0 Å². The first-order valence-corrected chi connectivity index (χ1v) is 7.06. The minimum absolute atomic E-state index is 0.404. The molecule has 0 aliphatic heterocycles. The molecule has 0 radical (unpaired) electrons. The predicted octanol–water partition coefficient (Wildman–Crippen LogP) is 2.98. The van der Waals surface area contributed by atoms with Crippen molar-refractivity contribution in [3.63, 3.8) is 0 Å². The SMILES string of the molecule is COc1cccc(CNCC2CCC(Cl)CC2)n1. The maximum Gasteiger partial charge on any atom is 0.213 e. The summed E-state index contributed by atoms with van der Waals surface area (Å²) in [6.45, 7) is 1.86. The lowest BCUT2D eigenvalue weighted by atomic mass is 9.89. The van der Waals surface area contributed by atoms with Crippen molar-refractivity contribution in [3.8, 4) is 5.88 Å². The Balaban J connectivity index is 1.71. The van der Waals surface area contributed by atoms with Crippen molar-refractivity contribution in [2.45, 2.75) is 37.6 Å². The Hall–Kier alpha value is -0.800. The highest BCUT2D eigenvalue weighted by Crippen LogP contribution is 2.26. The van der Waals surface area contributed by atoms with Crippen molar-refractivity contribution in [1.82, 2.24) is 10.3 Å². The molecule has 0 aromatic carbocycles. The summed E-state index contributed by atoms with van der Waals surface area (Å²) < 4.78 is 5.11. The zero-order valence-electron chi connectivity index (χ0n) is 10.9. The van der Waals surface area contributed by atoms with Crippen LogP contribution in [0, 0.1) is 5.92 Å². The van der Waals surface area contributed by atoms with Gasteiger partial charge in [0.05, 0.1) is 12.8 Å². The van der Waals surface area contributed by atoms with Crippen LogP contribution in [0.1, 0.15) is 31.4 Å². The van der Waals surface area contributed by atoms with E-state index in [1.54, 1.807) is 7.11 Å². The number of rotatable bonds is 5. The zero-order chi connectivity index (χ0) is 12.8. The molecule has 1 aliphatic carbocycles. The Labute approximate surface area is 114 Å². The van der Waals surface area contributed by atoms with Gasteiger partial charge < -0.3 is 10.1 Å². The highest BCUT2D eigenvalue weighted by Gasteiger charge is 2.18. The molecule has 1 saturated carbocycles. The molecule has 0 bridgehead atoms. The third-order valence-electron chi connectivity index (χ3n) is 3.51. The number of nitrogens with one attached hydrogen (secondary N) is 1. The largest absolute Gasteiger partial charge is 0.481 e. The van der Waals surface area contributed by atoms with Crippen molar-refractivity contribution in [2.75, 3.05) is 13.7 Å². The lowest BCUT2D eigenvalue weighted by molar-refractivity contribution is 0.344. The van der Waals surface area contributed by atoms with Crippen LogP contribution < -0.4 is 10.1 Å². The molecule has 18 heavy (non-hydrogen) atoms. The molecule has 0 saturated heterocycles. The zero-order valence-corrected chi connectivity index (χ0v) is 11.6. The smallest absolute Gasteiger partial charge is 0.213 e. The van der Waals surface area contributed by atoms with Crippen molar-refractivity contribution in [2.24, 2.45) is 5.92 Å². The molecule has 0 atom stereocenters. The number of aromatic nitrogens is 1. The minimum Gasteiger partial charge on any atom is -0.481 e. The Morgan fingerprint density at radius 1 is 1.33 bits per heavy atom. The molecule has 0 unspecified atom stereocenters. The van der Waals surface area contributed by atoms with E-state index in [9.17, 15) is 0 Å². The first kappa shape index (κ1) is 13.6. The van der Waals surface area contributed by atoms with E-state index in [-0.39, 0.29) is 0 Å². The van der Waals surface area contributed by atoms with Crippen LogP contribution in [0.25, 0.3) is 0 Å². The molecule has 1 N–H and O–H groups in total.